The Labute approximate surface area is 158 Å². The van der Waals surface area contributed by atoms with Crippen molar-refractivity contribution in [3.05, 3.63) is 40.3 Å². The van der Waals surface area contributed by atoms with Crippen LogP contribution < -0.4 is 20.5 Å². The number of aromatic nitrogens is 3. The summed E-state index contributed by atoms with van der Waals surface area (Å²) in [5.41, 5.74) is 0.348. The molecule has 3 rings (SSSR count). The van der Waals surface area contributed by atoms with E-state index in [0.29, 0.717) is 32.2 Å². The molecule has 1 aliphatic heterocycles. The van der Waals surface area contributed by atoms with Gasteiger partial charge in [-0.05, 0) is 37.6 Å². The Hall–Kier alpha value is -2.90. The number of nitrogens with one attached hydrogen (secondary N) is 1. The van der Waals surface area contributed by atoms with Crippen molar-refractivity contribution >= 4 is 17.5 Å². The number of carbonyl (C=O) groups excluding carboxylic acids is 1. The van der Waals surface area contributed by atoms with E-state index in [1.54, 1.807) is 0 Å². The molecule has 0 fully saturated rings. The first-order chi connectivity index (χ1) is 13.2. The smallest absolute Gasteiger partial charge is 0.286 e. The van der Waals surface area contributed by atoms with Crippen LogP contribution in [0.4, 0.5) is 11.6 Å². The molecule has 0 spiro atoms. The second-order valence-electron chi connectivity index (χ2n) is 6.35. The van der Waals surface area contributed by atoms with Gasteiger partial charge in [0.2, 0.25) is 11.6 Å². The summed E-state index contributed by atoms with van der Waals surface area (Å²) in [4.78, 5) is 26.8. The van der Waals surface area contributed by atoms with Crippen molar-refractivity contribution in [2.45, 2.75) is 39.7 Å². The maximum Gasteiger partial charge on any atom is 0.286 e. The number of hydrogen-bond donors (Lipinski definition) is 1. The van der Waals surface area contributed by atoms with E-state index in [2.05, 4.69) is 22.4 Å². The fourth-order valence-electron chi connectivity index (χ4n) is 3.05. The van der Waals surface area contributed by atoms with Gasteiger partial charge in [0.25, 0.3) is 11.5 Å². The number of rotatable bonds is 8. The van der Waals surface area contributed by atoms with Crippen molar-refractivity contribution in [3.63, 3.8) is 0 Å². The van der Waals surface area contributed by atoms with E-state index >= 15 is 0 Å². The molecule has 1 amide bonds. The molecule has 1 aliphatic rings. The van der Waals surface area contributed by atoms with Crippen LogP contribution in [0.2, 0.25) is 0 Å². The molecular weight excluding hydrogens is 346 g/mol. The summed E-state index contributed by atoms with van der Waals surface area (Å²) < 4.78 is 6.96. The Kier molecular flexibility index (Phi) is 6.05. The van der Waals surface area contributed by atoms with Gasteiger partial charge in [0.15, 0.2) is 0 Å². The van der Waals surface area contributed by atoms with E-state index in [9.17, 15) is 9.59 Å². The van der Waals surface area contributed by atoms with E-state index in [1.807, 2.05) is 36.1 Å². The predicted molar refractivity (Wildman–Crippen MR) is 103 cm³/mol. The fourth-order valence-corrected chi connectivity index (χ4v) is 3.05. The lowest BCUT2D eigenvalue weighted by Gasteiger charge is -2.17. The molecule has 1 N–H and O–H groups in total. The molecule has 27 heavy (non-hydrogen) atoms. The quantitative estimate of drug-likeness (QED) is 0.715. The van der Waals surface area contributed by atoms with Crippen molar-refractivity contribution in [1.82, 2.24) is 20.1 Å². The zero-order valence-electron chi connectivity index (χ0n) is 15.8. The maximum absolute atomic E-state index is 12.7. The molecule has 2 heterocycles. The molecule has 0 atom stereocenters. The van der Waals surface area contributed by atoms with Crippen LogP contribution in [-0.4, -0.2) is 40.4 Å². The standard InChI is InChI=1S/C19H25N5O3/c1-3-5-6-11-20-17(25)16-18(26)24-13-12-23(19(24)22-21-16)14-7-9-15(10-8-14)27-4-2/h7-10H,3-6,11-13H2,1-2H3,(H,20,25). The predicted octanol–water partition coefficient (Wildman–Crippen LogP) is 2.11. The second-order valence-corrected chi connectivity index (χ2v) is 6.35. The van der Waals surface area contributed by atoms with Gasteiger partial charge >= 0.3 is 0 Å². The molecule has 0 unspecified atom stereocenters. The molecular formula is C19H25N5O3. The van der Waals surface area contributed by atoms with Crippen LogP contribution in [-0.2, 0) is 6.54 Å². The summed E-state index contributed by atoms with van der Waals surface area (Å²) in [5.74, 6) is 0.782. The lowest BCUT2D eigenvalue weighted by atomic mass is 10.2. The van der Waals surface area contributed by atoms with Gasteiger partial charge in [0.1, 0.15) is 5.75 Å². The van der Waals surface area contributed by atoms with Crippen molar-refractivity contribution in [2.75, 3.05) is 24.6 Å². The molecule has 8 heteroatoms. The van der Waals surface area contributed by atoms with Crippen LogP contribution in [0, 0.1) is 0 Å². The normalized spacial score (nSPS) is 12.7. The van der Waals surface area contributed by atoms with Crippen LogP contribution in [0.15, 0.2) is 29.1 Å². The van der Waals surface area contributed by atoms with Gasteiger partial charge in [-0.25, -0.2) is 0 Å². The number of nitrogens with zero attached hydrogens (tertiary/aromatic N) is 4. The van der Waals surface area contributed by atoms with Crippen molar-refractivity contribution < 1.29 is 9.53 Å². The molecule has 0 aliphatic carbocycles. The van der Waals surface area contributed by atoms with Crippen LogP contribution in [0.1, 0.15) is 43.6 Å². The summed E-state index contributed by atoms with van der Waals surface area (Å²) >= 11 is 0. The Morgan fingerprint density at radius 1 is 1.15 bits per heavy atom. The van der Waals surface area contributed by atoms with Crippen molar-refractivity contribution in [1.29, 1.82) is 0 Å². The van der Waals surface area contributed by atoms with Crippen molar-refractivity contribution in [3.8, 4) is 5.75 Å². The lowest BCUT2D eigenvalue weighted by molar-refractivity contribution is 0.0944. The largest absolute Gasteiger partial charge is 0.494 e. The third-order valence-corrected chi connectivity index (χ3v) is 4.46. The number of amides is 1. The zero-order chi connectivity index (χ0) is 19.2. The third-order valence-electron chi connectivity index (χ3n) is 4.46. The average Bonchev–Trinajstić information content (AvgIpc) is 3.11. The highest BCUT2D eigenvalue weighted by Gasteiger charge is 2.27. The number of ether oxygens (including phenoxy) is 1. The molecule has 0 saturated carbocycles. The molecule has 0 saturated heterocycles. The number of unbranched alkanes of at least 4 members (excludes halogenated alkanes) is 2. The number of carbonyl (C=O) groups is 1. The first kappa shape index (κ1) is 18.9. The third kappa shape index (κ3) is 4.10. The second kappa shape index (κ2) is 8.66. The summed E-state index contributed by atoms with van der Waals surface area (Å²) in [6.07, 6.45) is 2.98. The van der Waals surface area contributed by atoms with E-state index in [1.165, 1.54) is 4.57 Å². The Morgan fingerprint density at radius 2 is 1.93 bits per heavy atom. The molecule has 1 aromatic carbocycles. The highest BCUT2D eigenvalue weighted by Crippen LogP contribution is 2.28. The first-order valence-corrected chi connectivity index (χ1v) is 9.41. The maximum atomic E-state index is 12.7. The van der Waals surface area contributed by atoms with Gasteiger partial charge in [-0.15, -0.1) is 10.2 Å². The number of hydrogen-bond acceptors (Lipinski definition) is 6. The molecule has 144 valence electrons. The highest BCUT2D eigenvalue weighted by atomic mass is 16.5. The SMILES string of the molecule is CCCCCNC(=O)c1nnc2n(c1=O)CCN2c1ccc(OCC)cc1. The summed E-state index contributed by atoms with van der Waals surface area (Å²) in [6, 6.07) is 7.60. The van der Waals surface area contributed by atoms with E-state index in [4.69, 9.17) is 4.74 Å². The highest BCUT2D eigenvalue weighted by molar-refractivity contribution is 5.91. The molecule has 0 bridgehead atoms. The van der Waals surface area contributed by atoms with E-state index in [-0.39, 0.29) is 5.69 Å². The van der Waals surface area contributed by atoms with Crippen molar-refractivity contribution in [2.24, 2.45) is 0 Å². The van der Waals surface area contributed by atoms with Crippen LogP contribution in [0.5, 0.6) is 5.75 Å². The monoisotopic (exact) mass is 371 g/mol. The summed E-state index contributed by atoms with van der Waals surface area (Å²) in [6.45, 7) is 6.23. The first-order valence-electron chi connectivity index (χ1n) is 9.41. The topological polar surface area (TPSA) is 89.3 Å². The van der Waals surface area contributed by atoms with Gasteiger partial charge < -0.3 is 15.0 Å². The zero-order valence-corrected chi connectivity index (χ0v) is 15.8. The van der Waals surface area contributed by atoms with E-state index < -0.39 is 11.5 Å². The minimum atomic E-state index is -0.460. The van der Waals surface area contributed by atoms with Crippen LogP contribution in [0.3, 0.4) is 0 Å². The summed E-state index contributed by atoms with van der Waals surface area (Å²) in [5, 5.41) is 10.8. The molecule has 0 radical (unpaired) electrons. The minimum absolute atomic E-state index is 0.149. The van der Waals surface area contributed by atoms with Gasteiger partial charge in [-0.3, -0.25) is 14.2 Å². The summed E-state index contributed by atoms with van der Waals surface area (Å²) in [7, 11) is 0. The van der Waals surface area contributed by atoms with Gasteiger partial charge in [0.05, 0.1) is 6.61 Å². The fraction of sp³-hybridized carbons (Fsp3) is 0.474. The Bertz CT molecular complexity index is 847. The molecule has 2 aromatic rings. The average molecular weight is 371 g/mol. The number of anilines is 2. The molecule has 8 nitrogen and oxygen atoms in total. The lowest BCUT2D eigenvalue weighted by Crippen LogP contribution is -2.35. The van der Waals surface area contributed by atoms with Gasteiger partial charge in [-0.2, -0.15) is 0 Å². The van der Waals surface area contributed by atoms with Crippen LogP contribution in [0.25, 0.3) is 0 Å². The van der Waals surface area contributed by atoms with Gasteiger partial charge in [0, 0.05) is 25.3 Å². The Balaban J connectivity index is 1.77. The van der Waals surface area contributed by atoms with Crippen LogP contribution >= 0.6 is 0 Å². The number of benzene rings is 1. The molecule has 1 aromatic heterocycles. The minimum Gasteiger partial charge on any atom is -0.494 e. The van der Waals surface area contributed by atoms with E-state index in [0.717, 1.165) is 30.7 Å². The Morgan fingerprint density at radius 3 is 2.63 bits per heavy atom. The number of fused-ring (bicyclic) bond motifs is 1. The van der Waals surface area contributed by atoms with Gasteiger partial charge in [-0.1, -0.05) is 19.8 Å².